The number of nitrogens with zero attached hydrogens (tertiary/aromatic N) is 1. The monoisotopic (exact) mass is 390 g/mol. The summed E-state index contributed by atoms with van der Waals surface area (Å²) in [6.07, 6.45) is 0.504. The van der Waals surface area contributed by atoms with Gasteiger partial charge in [-0.3, -0.25) is 19.3 Å². The summed E-state index contributed by atoms with van der Waals surface area (Å²) < 4.78 is 5.31. The Bertz CT molecular complexity index is 1130. The summed E-state index contributed by atoms with van der Waals surface area (Å²) in [6.45, 7) is 2.88. The third-order valence-electron chi connectivity index (χ3n) is 5.07. The molecule has 0 unspecified atom stereocenters. The van der Waals surface area contributed by atoms with Crippen LogP contribution in [0.2, 0.25) is 0 Å². The van der Waals surface area contributed by atoms with Crippen LogP contribution in [0.1, 0.15) is 44.9 Å². The number of aromatic nitrogens is 1. The number of carbonyl (C=O) groups is 4. The average molecular weight is 390 g/mol. The maximum Gasteiger partial charge on any atom is 0.329 e. The van der Waals surface area contributed by atoms with Gasteiger partial charge in [-0.05, 0) is 32.0 Å². The number of esters is 1. The van der Waals surface area contributed by atoms with Crippen molar-refractivity contribution in [3.63, 3.8) is 0 Å². The van der Waals surface area contributed by atoms with E-state index in [0.29, 0.717) is 5.56 Å². The Kier molecular flexibility index (Phi) is 4.50. The number of aromatic amines is 1. The Morgan fingerprint density at radius 1 is 0.931 bits per heavy atom. The highest BCUT2D eigenvalue weighted by atomic mass is 16.5. The summed E-state index contributed by atoms with van der Waals surface area (Å²) in [6, 6.07) is 12.5. The van der Waals surface area contributed by atoms with E-state index in [9.17, 15) is 19.2 Å². The molecular weight excluding hydrogens is 372 g/mol. The van der Waals surface area contributed by atoms with Crippen LogP contribution in [0.25, 0.3) is 10.9 Å². The molecule has 1 aliphatic rings. The van der Waals surface area contributed by atoms with Crippen molar-refractivity contribution in [3.05, 3.63) is 71.4 Å². The minimum Gasteiger partial charge on any atom is -0.453 e. The predicted molar refractivity (Wildman–Crippen MR) is 105 cm³/mol. The molecule has 7 heteroatoms. The van der Waals surface area contributed by atoms with Gasteiger partial charge in [-0.15, -0.1) is 0 Å². The van der Waals surface area contributed by atoms with Gasteiger partial charge < -0.3 is 9.72 Å². The van der Waals surface area contributed by atoms with Crippen molar-refractivity contribution in [1.82, 2.24) is 9.88 Å². The zero-order valence-electron chi connectivity index (χ0n) is 15.8. The second-order valence-electron chi connectivity index (χ2n) is 6.89. The van der Waals surface area contributed by atoms with E-state index in [0.717, 1.165) is 15.8 Å². The van der Waals surface area contributed by atoms with Crippen molar-refractivity contribution < 1.29 is 23.9 Å². The van der Waals surface area contributed by atoms with Gasteiger partial charge in [-0.25, -0.2) is 4.79 Å². The van der Waals surface area contributed by atoms with E-state index in [1.165, 1.54) is 26.0 Å². The van der Waals surface area contributed by atoms with E-state index in [4.69, 9.17) is 4.74 Å². The lowest BCUT2D eigenvalue weighted by atomic mass is 10.1. The molecule has 4 rings (SSSR count). The van der Waals surface area contributed by atoms with Gasteiger partial charge >= 0.3 is 5.97 Å². The molecule has 2 atom stereocenters. The van der Waals surface area contributed by atoms with Gasteiger partial charge in [0.25, 0.3) is 11.8 Å². The van der Waals surface area contributed by atoms with Gasteiger partial charge in [-0.1, -0.05) is 30.3 Å². The fourth-order valence-electron chi connectivity index (χ4n) is 3.49. The lowest BCUT2D eigenvalue weighted by molar-refractivity contribution is -0.150. The summed E-state index contributed by atoms with van der Waals surface area (Å²) in [5.74, 6) is -2.29. The second kappa shape index (κ2) is 7.01. The Labute approximate surface area is 166 Å². The van der Waals surface area contributed by atoms with Crippen LogP contribution in [0.4, 0.5) is 0 Å². The molecule has 1 N–H and O–H groups in total. The van der Waals surface area contributed by atoms with Gasteiger partial charge in [0.15, 0.2) is 6.10 Å². The van der Waals surface area contributed by atoms with Gasteiger partial charge in [0, 0.05) is 22.7 Å². The molecule has 0 aliphatic carbocycles. The SMILES string of the molecule is C[C@@H](OC(=O)[C@H](C)N1C(=O)c2ccccc2C1=O)C(=O)c1c[nH]c2ccccc12. The quantitative estimate of drug-likeness (QED) is 0.410. The summed E-state index contributed by atoms with van der Waals surface area (Å²) in [5.41, 5.74) is 1.71. The molecule has 2 heterocycles. The number of imide groups is 1. The first kappa shape index (κ1) is 18.6. The molecule has 0 fully saturated rings. The van der Waals surface area contributed by atoms with Crippen LogP contribution in [-0.2, 0) is 9.53 Å². The highest BCUT2D eigenvalue weighted by molar-refractivity contribution is 6.22. The van der Waals surface area contributed by atoms with Crippen molar-refractivity contribution in [2.45, 2.75) is 26.0 Å². The number of amides is 2. The maximum absolute atomic E-state index is 12.8. The molecule has 146 valence electrons. The van der Waals surface area contributed by atoms with Crippen molar-refractivity contribution in [3.8, 4) is 0 Å². The van der Waals surface area contributed by atoms with Crippen molar-refractivity contribution in [1.29, 1.82) is 0 Å². The van der Waals surface area contributed by atoms with Gasteiger partial charge in [-0.2, -0.15) is 0 Å². The Morgan fingerprint density at radius 3 is 2.17 bits per heavy atom. The molecule has 29 heavy (non-hydrogen) atoms. The fraction of sp³-hybridized carbons (Fsp3) is 0.182. The number of Topliss-reactive ketones (excluding diaryl/α,β-unsaturated/α-hetero) is 1. The lowest BCUT2D eigenvalue weighted by Gasteiger charge is -2.22. The van der Waals surface area contributed by atoms with Gasteiger partial charge in [0.1, 0.15) is 6.04 Å². The number of rotatable bonds is 5. The summed E-state index contributed by atoms with van der Waals surface area (Å²) in [5, 5.41) is 0.730. The highest BCUT2D eigenvalue weighted by Gasteiger charge is 2.41. The predicted octanol–water partition coefficient (Wildman–Crippen LogP) is 2.97. The average Bonchev–Trinajstić information content (AvgIpc) is 3.26. The number of hydrogen-bond donors (Lipinski definition) is 1. The Balaban J connectivity index is 1.50. The van der Waals surface area contributed by atoms with Crippen LogP contribution in [0, 0.1) is 0 Å². The molecular formula is C22H18N2O5. The number of nitrogens with one attached hydrogen (secondary N) is 1. The molecule has 0 saturated carbocycles. The standard InChI is InChI=1S/C22H18N2O5/c1-12(24-20(26)15-8-3-4-9-16(15)21(24)27)22(28)29-13(2)19(25)17-11-23-18-10-6-5-7-14(17)18/h3-13,23H,1-2H3/t12-,13+/m0/s1. The topological polar surface area (TPSA) is 96.5 Å². The fourth-order valence-corrected chi connectivity index (χ4v) is 3.49. The second-order valence-corrected chi connectivity index (χ2v) is 6.89. The minimum absolute atomic E-state index is 0.250. The van der Waals surface area contributed by atoms with Crippen molar-refractivity contribution >= 4 is 34.5 Å². The first-order valence-electron chi connectivity index (χ1n) is 9.18. The van der Waals surface area contributed by atoms with Gasteiger partial charge in [0.05, 0.1) is 11.1 Å². The third kappa shape index (κ3) is 3.00. The van der Waals surface area contributed by atoms with Crippen molar-refractivity contribution in [2.24, 2.45) is 0 Å². The highest BCUT2D eigenvalue weighted by Crippen LogP contribution is 2.25. The molecule has 0 bridgehead atoms. The van der Waals surface area contributed by atoms with Crippen LogP contribution in [-0.4, -0.2) is 45.6 Å². The van der Waals surface area contributed by atoms with E-state index in [1.807, 2.05) is 18.2 Å². The normalized spacial score (nSPS) is 15.3. The summed E-state index contributed by atoms with van der Waals surface area (Å²) in [7, 11) is 0. The minimum atomic E-state index is -1.15. The van der Waals surface area contributed by atoms with E-state index in [2.05, 4.69) is 4.98 Å². The largest absolute Gasteiger partial charge is 0.453 e. The number of benzene rings is 2. The number of H-pyrrole nitrogens is 1. The molecule has 3 aromatic rings. The van der Waals surface area contributed by atoms with Crippen molar-refractivity contribution in [2.75, 3.05) is 0 Å². The van der Waals surface area contributed by atoms with Crippen LogP contribution >= 0.6 is 0 Å². The first-order chi connectivity index (χ1) is 13.9. The van der Waals surface area contributed by atoms with Crippen LogP contribution in [0.5, 0.6) is 0 Å². The molecule has 2 amide bonds. The van der Waals surface area contributed by atoms with Crippen LogP contribution < -0.4 is 0 Å². The van der Waals surface area contributed by atoms with Crippen LogP contribution in [0.15, 0.2) is 54.7 Å². The first-order valence-corrected chi connectivity index (χ1v) is 9.18. The molecule has 1 aliphatic heterocycles. The number of hydrogen-bond acceptors (Lipinski definition) is 5. The van der Waals surface area contributed by atoms with Gasteiger partial charge in [0.2, 0.25) is 5.78 Å². The molecule has 0 spiro atoms. The zero-order chi connectivity index (χ0) is 20.7. The van der Waals surface area contributed by atoms with E-state index < -0.39 is 29.9 Å². The summed E-state index contributed by atoms with van der Waals surface area (Å²) >= 11 is 0. The Morgan fingerprint density at radius 2 is 1.52 bits per heavy atom. The molecule has 1 aromatic heterocycles. The number of para-hydroxylation sites is 1. The molecule has 0 radical (unpaired) electrons. The number of ketones is 1. The molecule has 2 aromatic carbocycles. The molecule has 7 nitrogen and oxygen atoms in total. The van der Waals surface area contributed by atoms with E-state index in [1.54, 1.807) is 24.4 Å². The van der Waals surface area contributed by atoms with E-state index in [-0.39, 0.29) is 16.9 Å². The van der Waals surface area contributed by atoms with Crippen LogP contribution in [0.3, 0.4) is 0 Å². The maximum atomic E-state index is 12.8. The lowest BCUT2D eigenvalue weighted by Crippen LogP contribution is -2.45. The Hall–Kier alpha value is -3.74. The van der Waals surface area contributed by atoms with E-state index >= 15 is 0 Å². The number of ether oxygens (including phenoxy) is 1. The third-order valence-corrected chi connectivity index (χ3v) is 5.07. The smallest absolute Gasteiger partial charge is 0.329 e. The number of fused-ring (bicyclic) bond motifs is 2. The zero-order valence-corrected chi connectivity index (χ0v) is 15.8. The summed E-state index contributed by atoms with van der Waals surface area (Å²) in [4.78, 5) is 54.3. The molecule has 0 saturated heterocycles. The number of carbonyl (C=O) groups excluding carboxylic acids is 4.